The number of para-hydroxylation sites is 2. The van der Waals surface area contributed by atoms with Gasteiger partial charge in [-0.3, -0.25) is 9.59 Å². The molecule has 1 amide bonds. The average Bonchev–Trinajstić information content (AvgIpc) is 3.00. The molecule has 2 N–H and O–H groups in total. The second kappa shape index (κ2) is 13.1. The van der Waals surface area contributed by atoms with Gasteiger partial charge < -0.3 is 24.6 Å². The number of fused-ring (bicyclic) bond motifs is 1. The lowest BCUT2D eigenvalue weighted by atomic mass is 10.0. The highest BCUT2D eigenvalue weighted by Crippen LogP contribution is 2.41. The first kappa shape index (κ1) is 30.0. The number of carbonyl (C=O) groups is 2. The molecule has 0 fully saturated rings. The van der Waals surface area contributed by atoms with Crippen molar-refractivity contribution in [1.29, 1.82) is 0 Å². The molecule has 4 aromatic rings. The number of hydrogen-bond donors (Lipinski definition) is 2. The third-order valence-corrected chi connectivity index (χ3v) is 7.94. The molecule has 0 saturated heterocycles. The first-order valence-corrected chi connectivity index (χ1v) is 14.5. The van der Waals surface area contributed by atoms with Gasteiger partial charge in [-0.15, -0.1) is 10.2 Å². The van der Waals surface area contributed by atoms with Crippen molar-refractivity contribution in [2.75, 3.05) is 31.9 Å². The van der Waals surface area contributed by atoms with Crippen molar-refractivity contribution >= 4 is 49.5 Å². The number of nitrogens with one attached hydrogen (secondary N) is 1. The topological polar surface area (TPSA) is 153 Å². The van der Waals surface area contributed by atoms with Crippen LogP contribution < -0.4 is 14.8 Å². The Morgan fingerprint density at radius 3 is 2.36 bits per heavy atom. The number of esters is 1. The van der Waals surface area contributed by atoms with Crippen LogP contribution in [0, 0.1) is 0 Å². The molecule has 0 aliphatic heterocycles. The molecule has 0 aromatic heterocycles. The van der Waals surface area contributed by atoms with Gasteiger partial charge in [-0.25, -0.2) is 8.42 Å². The lowest BCUT2D eigenvalue weighted by molar-refractivity contribution is -0.142. The van der Waals surface area contributed by atoms with Crippen LogP contribution in [0.4, 0.5) is 17.1 Å². The molecule has 0 aliphatic carbocycles. The van der Waals surface area contributed by atoms with E-state index in [1.807, 2.05) is 0 Å². The molecular weight excluding hydrogens is 562 g/mol. The molecule has 0 spiro atoms. The third-order valence-electron chi connectivity index (χ3n) is 6.27. The summed E-state index contributed by atoms with van der Waals surface area (Å²) in [5, 5.41) is 23.5. The van der Waals surface area contributed by atoms with E-state index in [1.165, 1.54) is 38.5 Å². The van der Waals surface area contributed by atoms with Crippen LogP contribution in [0.3, 0.4) is 0 Å². The Balaban J connectivity index is 1.72. The zero-order chi connectivity index (χ0) is 30.3. The minimum Gasteiger partial charge on any atom is -0.505 e. The number of carbonyl (C=O) groups excluding carboxylic acids is 2. The number of azo groups is 1. The molecule has 0 saturated carbocycles. The standard InChI is InChI=1S/C30H29N3O8S/c1-4-27(34)41-15-16-42(37,38)20-13-14-26(40-3)24(18-20)32-33-28-21-10-6-5-9-19(21)17-22(29(28)35)30(36)31-23-11-7-8-12-25(23)39-2/h5-14,17-18,35H,4,15-16H2,1-3H3,(H,31,36). The van der Waals surface area contributed by atoms with Gasteiger partial charge in [0.15, 0.2) is 15.6 Å². The van der Waals surface area contributed by atoms with E-state index in [9.17, 15) is 23.1 Å². The number of benzene rings is 4. The average molecular weight is 592 g/mol. The van der Waals surface area contributed by atoms with Crippen LogP contribution in [0.1, 0.15) is 23.7 Å². The summed E-state index contributed by atoms with van der Waals surface area (Å²) in [5.41, 5.74) is 0.419. The minimum absolute atomic E-state index is 0.0000629. The van der Waals surface area contributed by atoms with Crippen molar-refractivity contribution in [3.05, 3.63) is 78.4 Å². The Labute approximate surface area is 242 Å². The molecule has 42 heavy (non-hydrogen) atoms. The number of methoxy groups -OCH3 is 2. The number of phenols is 1. The van der Waals surface area contributed by atoms with Crippen molar-refractivity contribution < 1.29 is 37.3 Å². The van der Waals surface area contributed by atoms with Crippen molar-refractivity contribution in [1.82, 2.24) is 0 Å². The summed E-state index contributed by atoms with van der Waals surface area (Å²) in [6.07, 6.45) is 0.137. The highest BCUT2D eigenvalue weighted by atomic mass is 32.2. The third kappa shape index (κ3) is 6.66. The van der Waals surface area contributed by atoms with E-state index >= 15 is 0 Å². The molecule has 0 bridgehead atoms. The van der Waals surface area contributed by atoms with Crippen LogP contribution in [0.2, 0.25) is 0 Å². The van der Waals surface area contributed by atoms with E-state index in [4.69, 9.17) is 14.2 Å². The molecule has 0 atom stereocenters. The van der Waals surface area contributed by atoms with Gasteiger partial charge in [0.05, 0.1) is 36.1 Å². The van der Waals surface area contributed by atoms with Gasteiger partial charge in [-0.2, -0.15) is 0 Å². The van der Waals surface area contributed by atoms with Crippen molar-refractivity contribution in [3.63, 3.8) is 0 Å². The van der Waals surface area contributed by atoms with Crippen LogP contribution in [-0.4, -0.2) is 52.0 Å². The second-order valence-electron chi connectivity index (χ2n) is 8.92. The number of ether oxygens (including phenoxy) is 3. The fourth-order valence-electron chi connectivity index (χ4n) is 4.06. The van der Waals surface area contributed by atoms with E-state index in [-0.39, 0.29) is 40.6 Å². The summed E-state index contributed by atoms with van der Waals surface area (Å²) in [6.45, 7) is 1.32. The molecular formula is C30H29N3O8S. The number of phenolic OH excluding ortho intramolecular Hbond substituents is 1. The fraction of sp³-hybridized carbons (Fsp3) is 0.200. The number of hydrogen-bond acceptors (Lipinski definition) is 10. The largest absolute Gasteiger partial charge is 0.505 e. The van der Waals surface area contributed by atoms with Crippen LogP contribution in [0.5, 0.6) is 17.2 Å². The molecule has 0 heterocycles. The molecule has 4 aromatic carbocycles. The lowest BCUT2D eigenvalue weighted by Crippen LogP contribution is -2.15. The Hall–Kier alpha value is -4.97. The first-order chi connectivity index (χ1) is 20.2. The Morgan fingerprint density at radius 2 is 1.62 bits per heavy atom. The van der Waals surface area contributed by atoms with Crippen molar-refractivity contribution in [3.8, 4) is 17.2 Å². The van der Waals surface area contributed by atoms with Gasteiger partial charge in [-0.1, -0.05) is 43.3 Å². The Kier molecular flexibility index (Phi) is 9.38. The molecule has 11 nitrogen and oxygen atoms in total. The molecule has 12 heteroatoms. The van der Waals surface area contributed by atoms with Crippen molar-refractivity contribution in [2.24, 2.45) is 10.2 Å². The molecule has 0 radical (unpaired) electrons. The number of amides is 1. The lowest BCUT2D eigenvalue weighted by Gasteiger charge is -2.13. The van der Waals surface area contributed by atoms with Crippen LogP contribution in [0.15, 0.2) is 87.9 Å². The summed E-state index contributed by atoms with van der Waals surface area (Å²) >= 11 is 0. The normalized spacial score (nSPS) is 11.4. The zero-order valence-corrected chi connectivity index (χ0v) is 24.0. The van der Waals surface area contributed by atoms with Gasteiger partial charge >= 0.3 is 5.97 Å². The highest BCUT2D eigenvalue weighted by Gasteiger charge is 2.21. The maximum atomic E-state index is 13.3. The van der Waals surface area contributed by atoms with E-state index < -0.39 is 33.2 Å². The number of aromatic hydroxyl groups is 1. The molecule has 0 aliphatic rings. The van der Waals surface area contributed by atoms with E-state index in [1.54, 1.807) is 55.5 Å². The highest BCUT2D eigenvalue weighted by molar-refractivity contribution is 7.91. The maximum Gasteiger partial charge on any atom is 0.305 e. The minimum atomic E-state index is -3.84. The smallest absolute Gasteiger partial charge is 0.305 e. The first-order valence-electron chi connectivity index (χ1n) is 12.9. The predicted octanol–water partition coefficient (Wildman–Crippen LogP) is 5.96. The number of rotatable bonds is 11. The van der Waals surface area contributed by atoms with Crippen LogP contribution in [0.25, 0.3) is 10.8 Å². The van der Waals surface area contributed by atoms with Crippen LogP contribution >= 0.6 is 0 Å². The van der Waals surface area contributed by atoms with Gasteiger partial charge in [-0.05, 0) is 41.8 Å². The predicted molar refractivity (Wildman–Crippen MR) is 157 cm³/mol. The quantitative estimate of drug-likeness (QED) is 0.160. The van der Waals surface area contributed by atoms with Gasteiger partial charge in [0.2, 0.25) is 0 Å². The summed E-state index contributed by atoms with van der Waals surface area (Å²) < 4.78 is 41.3. The van der Waals surface area contributed by atoms with Gasteiger partial charge in [0.1, 0.15) is 29.5 Å². The SMILES string of the molecule is CCC(=O)OCCS(=O)(=O)c1ccc(OC)c(N=Nc2c(O)c(C(=O)Nc3ccccc3OC)cc3ccccc23)c1. The van der Waals surface area contributed by atoms with Gasteiger partial charge in [0, 0.05) is 11.8 Å². The summed E-state index contributed by atoms with van der Waals surface area (Å²) in [5.74, 6) is -1.28. The van der Waals surface area contributed by atoms with Crippen LogP contribution in [-0.2, 0) is 19.4 Å². The van der Waals surface area contributed by atoms with E-state index in [0.717, 1.165) is 0 Å². The number of sulfone groups is 1. The molecule has 4 rings (SSSR count). The second-order valence-corrected chi connectivity index (χ2v) is 11.0. The summed E-state index contributed by atoms with van der Waals surface area (Å²) in [7, 11) is -0.968. The summed E-state index contributed by atoms with van der Waals surface area (Å²) in [4.78, 5) is 24.6. The molecule has 0 unspecified atom stereocenters. The number of anilines is 1. The Morgan fingerprint density at radius 1 is 0.905 bits per heavy atom. The summed E-state index contributed by atoms with van der Waals surface area (Å²) in [6, 6.07) is 19.4. The maximum absolute atomic E-state index is 13.3. The monoisotopic (exact) mass is 591 g/mol. The van der Waals surface area contributed by atoms with E-state index in [0.29, 0.717) is 22.2 Å². The number of nitrogens with zero attached hydrogens (tertiary/aromatic N) is 2. The zero-order valence-electron chi connectivity index (χ0n) is 23.2. The van der Waals surface area contributed by atoms with E-state index in [2.05, 4.69) is 15.5 Å². The Bertz CT molecular complexity index is 1770. The van der Waals surface area contributed by atoms with Gasteiger partial charge in [0.25, 0.3) is 5.91 Å². The fourth-order valence-corrected chi connectivity index (χ4v) is 5.16. The molecule has 218 valence electrons. The van der Waals surface area contributed by atoms with Crippen molar-refractivity contribution in [2.45, 2.75) is 18.2 Å².